The summed E-state index contributed by atoms with van der Waals surface area (Å²) in [7, 11) is 0. The van der Waals surface area contributed by atoms with Crippen LogP contribution in [0.25, 0.3) is 11.7 Å². The van der Waals surface area contributed by atoms with Gasteiger partial charge >= 0.3 is 0 Å². The molecule has 1 saturated heterocycles. The van der Waals surface area contributed by atoms with Crippen LogP contribution >= 0.6 is 0 Å². The van der Waals surface area contributed by atoms with Crippen molar-refractivity contribution in [3.63, 3.8) is 0 Å². The Bertz CT molecular complexity index is 456. The molecular formula is C12H15N3O2. The molecule has 1 atom stereocenters. The molecule has 0 amide bonds. The summed E-state index contributed by atoms with van der Waals surface area (Å²) >= 11 is 0. The maximum absolute atomic E-state index is 5.23. The van der Waals surface area contributed by atoms with Gasteiger partial charge in [0.2, 0.25) is 0 Å². The van der Waals surface area contributed by atoms with Crippen molar-refractivity contribution in [1.29, 1.82) is 0 Å². The summed E-state index contributed by atoms with van der Waals surface area (Å²) in [6.45, 7) is 1.02. The average molecular weight is 233 g/mol. The Morgan fingerprint density at radius 1 is 1.29 bits per heavy atom. The minimum atomic E-state index is 0.213. The van der Waals surface area contributed by atoms with Crippen LogP contribution in [0.15, 0.2) is 27.3 Å². The normalized spacial score (nSPS) is 21.3. The summed E-state index contributed by atoms with van der Waals surface area (Å²) in [4.78, 5) is 4.38. The van der Waals surface area contributed by atoms with Gasteiger partial charge in [-0.15, -0.1) is 0 Å². The SMILES string of the molecule is c1coc(-c2nc(C3CCCCCN3)no2)c1. The third-order valence-corrected chi connectivity index (χ3v) is 3.05. The van der Waals surface area contributed by atoms with E-state index in [1.165, 1.54) is 19.3 Å². The van der Waals surface area contributed by atoms with Gasteiger partial charge in [-0.3, -0.25) is 0 Å². The minimum Gasteiger partial charge on any atom is -0.459 e. The summed E-state index contributed by atoms with van der Waals surface area (Å²) in [5.74, 6) is 1.81. The topological polar surface area (TPSA) is 64.1 Å². The van der Waals surface area contributed by atoms with Crippen LogP contribution in [0, 0.1) is 0 Å². The predicted molar refractivity (Wildman–Crippen MR) is 61.2 cm³/mol. The van der Waals surface area contributed by atoms with Gasteiger partial charge in [-0.05, 0) is 31.5 Å². The van der Waals surface area contributed by atoms with E-state index in [-0.39, 0.29) is 6.04 Å². The van der Waals surface area contributed by atoms with E-state index >= 15 is 0 Å². The van der Waals surface area contributed by atoms with Gasteiger partial charge in [0, 0.05) is 0 Å². The smallest absolute Gasteiger partial charge is 0.293 e. The van der Waals surface area contributed by atoms with Crippen molar-refractivity contribution in [2.45, 2.75) is 31.7 Å². The molecule has 0 spiro atoms. The molecule has 0 aromatic carbocycles. The molecule has 2 aromatic rings. The molecule has 1 N–H and O–H groups in total. The summed E-state index contributed by atoms with van der Waals surface area (Å²) in [5.41, 5.74) is 0. The Balaban J connectivity index is 1.79. The van der Waals surface area contributed by atoms with E-state index in [0.29, 0.717) is 11.7 Å². The monoisotopic (exact) mass is 233 g/mol. The van der Waals surface area contributed by atoms with Gasteiger partial charge in [0.1, 0.15) is 0 Å². The molecule has 0 radical (unpaired) electrons. The fraction of sp³-hybridized carbons (Fsp3) is 0.500. The third-order valence-electron chi connectivity index (χ3n) is 3.05. The Labute approximate surface area is 99.2 Å². The Morgan fingerprint density at radius 3 is 3.18 bits per heavy atom. The Kier molecular flexibility index (Phi) is 2.92. The minimum absolute atomic E-state index is 0.213. The molecule has 1 aliphatic heterocycles. The molecule has 90 valence electrons. The lowest BCUT2D eigenvalue weighted by molar-refractivity contribution is 0.393. The molecule has 0 saturated carbocycles. The first-order valence-electron chi connectivity index (χ1n) is 6.04. The standard InChI is InChI=1S/C12H15N3O2/c1-2-5-9(13-7-3-1)11-14-12(17-15-11)10-6-4-8-16-10/h4,6,8-9,13H,1-3,5,7H2. The van der Waals surface area contributed by atoms with Crippen LogP contribution in [0.5, 0.6) is 0 Å². The van der Waals surface area contributed by atoms with Gasteiger partial charge in [-0.2, -0.15) is 4.98 Å². The first-order chi connectivity index (χ1) is 8.43. The van der Waals surface area contributed by atoms with Crippen molar-refractivity contribution < 1.29 is 8.94 Å². The van der Waals surface area contributed by atoms with Crippen molar-refractivity contribution in [1.82, 2.24) is 15.5 Å². The van der Waals surface area contributed by atoms with Crippen molar-refractivity contribution in [2.75, 3.05) is 6.54 Å². The third kappa shape index (κ3) is 2.24. The zero-order chi connectivity index (χ0) is 11.5. The zero-order valence-electron chi connectivity index (χ0n) is 9.56. The molecule has 3 heterocycles. The molecule has 5 heteroatoms. The molecule has 1 aliphatic rings. The number of rotatable bonds is 2. The van der Waals surface area contributed by atoms with Crippen molar-refractivity contribution in [3.8, 4) is 11.7 Å². The van der Waals surface area contributed by atoms with Gasteiger partial charge in [-0.25, -0.2) is 0 Å². The van der Waals surface area contributed by atoms with E-state index in [0.717, 1.165) is 18.8 Å². The van der Waals surface area contributed by atoms with E-state index in [1.807, 2.05) is 12.1 Å². The Morgan fingerprint density at radius 2 is 2.29 bits per heavy atom. The highest BCUT2D eigenvalue weighted by molar-refractivity contribution is 5.42. The fourth-order valence-corrected chi connectivity index (χ4v) is 2.13. The van der Waals surface area contributed by atoms with Crippen LogP contribution in [-0.4, -0.2) is 16.7 Å². The second-order valence-electron chi connectivity index (χ2n) is 4.29. The van der Waals surface area contributed by atoms with Crippen LogP contribution < -0.4 is 5.32 Å². The molecule has 0 bridgehead atoms. The quantitative estimate of drug-likeness (QED) is 0.863. The maximum Gasteiger partial charge on any atom is 0.293 e. The van der Waals surface area contributed by atoms with Crippen LogP contribution in [0.4, 0.5) is 0 Å². The summed E-state index contributed by atoms with van der Waals surface area (Å²) in [5, 5.41) is 7.47. The molecule has 17 heavy (non-hydrogen) atoms. The van der Waals surface area contributed by atoms with Gasteiger partial charge in [0.15, 0.2) is 11.6 Å². The predicted octanol–water partition coefficient (Wildman–Crippen LogP) is 2.53. The van der Waals surface area contributed by atoms with Crippen LogP contribution in [0.2, 0.25) is 0 Å². The highest BCUT2D eigenvalue weighted by Gasteiger charge is 2.20. The lowest BCUT2D eigenvalue weighted by Gasteiger charge is -2.09. The van der Waals surface area contributed by atoms with Crippen LogP contribution in [-0.2, 0) is 0 Å². The van der Waals surface area contributed by atoms with Gasteiger partial charge < -0.3 is 14.3 Å². The maximum atomic E-state index is 5.23. The molecular weight excluding hydrogens is 218 g/mol. The van der Waals surface area contributed by atoms with E-state index in [4.69, 9.17) is 8.94 Å². The average Bonchev–Trinajstić information content (AvgIpc) is 2.95. The summed E-state index contributed by atoms with van der Waals surface area (Å²) in [6, 6.07) is 3.84. The summed E-state index contributed by atoms with van der Waals surface area (Å²) in [6.07, 6.45) is 6.37. The number of nitrogens with zero attached hydrogens (tertiary/aromatic N) is 2. The summed E-state index contributed by atoms with van der Waals surface area (Å²) < 4.78 is 10.4. The lowest BCUT2D eigenvalue weighted by atomic mass is 10.1. The zero-order valence-corrected chi connectivity index (χ0v) is 9.56. The largest absolute Gasteiger partial charge is 0.459 e. The number of furan rings is 1. The molecule has 0 aliphatic carbocycles. The molecule has 5 nitrogen and oxygen atoms in total. The van der Waals surface area contributed by atoms with Crippen LogP contribution in [0.3, 0.4) is 0 Å². The molecule has 1 fully saturated rings. The first-order valence-corrected chi connectivity index (χ1v) is 6.04. The van der Waals surface area contributed by atoms with Crippen LogP contribution in [0.1, 0.15) is 37.5 Å². The van der Waals surface area contributed by atoms with E-state index in [2.05, 4.69) is 15.5 Å². The highest BCUT2D eigenvalue weighted by atomic mass is 16.5. The molecule has 2 aromatic heterocycles. The lowest BCUT2D eigenvalue weighted by Crippen LogP contribution is -2.21. The fourth-order valence-electron chi connectivity index (χ4n) is 2.13. The second kappa shape index (κ2) is 4.71. The Hall–Kier alpha value is -1.62. The van der Waals surface area contributed by atoms with Gasteiger partial charge in [-0.1, -0.05) is 18.0 Å². The van der Waals surface area contributed by atoms with Gasteiger partial charge in [0.05, 0.1) is 12.3 Å². The molecule has 1 unspecified atom stereocenters. The van der Waals surface area contributed by atoms with Crippen molar-refractivity contribution in [2.24, 2.45) is 0 Å². The van der Waals surface area contributed by atoms with E-state index in [1.54, 1.807) is 6.26 Å². The number of hydrogen-bond donors (Lipinski definition) is 1. The second-order valence-corrected chi connectivity index (χ2v) is 4.29. The number of aromatic nitrogens is 2. The van der Waals surface area contributed by atoms with E-state index in [9.17, 15) is 0 Å². The number of hydrogen-bond acceptors (Lipinski definition) is 5. The van der Waals surface area contributed by atoms with Crippen molar-refractivity contribution >= 4 is 0 Å². The number of nitrogens with one attached hydrogen (secondary N) is 1. The molecule has 3 rings (SSSR count). The van der Waals surface area contributed by atoms with E-state index < -0.39 is 0 Å². The first kappa shape index (κ1) is 10.5. The highest BCUT2D eigenvalue weighted by Crippen LogP contribution is 2.23. The van der Waals surface area contributed by atoms with Crippen molar-refractivity contribution in [3.05, 3.63) is 24.2 Å². The van der Waals surface area contributed by atoms with Gasteiger partial charge in [0.25, 0.3) is 5.89 Å².